The highest BCUT2D eigenvalue weighted by Crippen LogP contribution is 2.45. The molecule has 0 fully saturated rings. The van der Waals surface area contributed by atoms with Crippen molar-refractivity contribution in [1.82, 2.24) is 0 Å². The fourth-order valence-electron chi connectivity index (χ4n) is 8.30. The zero-order chi connectivity index (χ0) is 31.3. The van der Waals surface area contributed by atoms with E-state index in [2.05, 4.69) is 140 Å². The number of allylic oxidation sites excluding steroid dienone is 1. The Morgan fingerprint density at radius 2 is 1.04 bits per heavy atom. The van der Waals surface area contributed by atoms with Crippen molar-refractivity contribution in [3.63, 3.8) is 0 Å². The van der Waals surface area contributed by atoms with Crippen molar-refractivity contribution in [2.45, 2.75) is 12.8 Å². The quantitative estimate of drug-likeness (QED) is 0.186. The number of benzene rings is 8. The highest BCUT2D eigenvalue weighted by Gasteiger charge is 2.20. The molecule has 0 unspecified atom stereocenters. The summed E-state index contributed by atoms with van der Waals surface area (Å²) in [5.74, 6) is 1.01. The highest BCUT2D eigenvalue weighted by atomic mass is 16.3. The summed E-state index contributed by atoms with van der Waals surface area (Å²) in [6.45, 7) is 0. The molecule has 10 aromatic rings. The summed E-state index contributed by atoms with van der Waals surface area (Å²) in [6.07, 6.45) is 6.44. The predicted octanol–water partition coefficient (Wildman–Crippen LogP) is 13.2. The molecule has 0 N–H and O–H groups in total. The van der Waals surface area contributed by atoms with Crippen LogP contribution in [0.15, 0.2) is 148 Å². The molecule has 1 aliphatic carbocycles. The summed E-state index contributed by atoms with van der Waals surface area (Å²) in [5, 5.41) is 11.2. The Kier molecular flexibility index (Phi) is 5.25. The summed E-state index contributed by atoms with van der Waals surface area (Å²) in [7, 11) is 0. The fraction of sp³-hybridized carbons (Fsp3) is 0.0435. The van der Waals surface area contributed by atoms with Gasteiger partial charge in [0.15, 0.2) is 0 Å². The molecule has 0 atom stereocenters. The minimum atomic E-state index is 0.922. The average molecular weight is 613 g/mol. The number of furan rings is 2. The van der Waals surface area contributed by atoms with Crippen LogP contribution in [0.5, 0.6) is 0 Å². The summed E-state index contributed by atoms with van der Waals surface area (Å²) in [6, 6.07) is 48.6. The summed E-state index contributed by atoms with van der Waals surface area (Å²) in [5.41, 5.74) is 11.3. The number of hydrogen-bond acceptors (Lipinski definition) is 2. The van der Waals surface area contributed by atoms with Crippen molar-refractivity contribution in [3.05, 3.63) is 151 Å². The third-order valence-corrected chi connectivity index (χ3v) is 10.5. The Morgan fingerprint density at radius 3 is 1.85 bits per heavy atom. The molecule has 224 valence electrons. The summed E-state index contributed by atoms with van der Waals surface area (Å²) >= 11 is 0. The fourth-order valence-corrected chi connectivity index (χ4v) is 8.30. The molecule has 48 heavy (non-hydrogen) atoms. The van der Waals surface area contributed by atoms with Crippen molar-refractivity contribution >= 4 is 71.3 Å². The topological polar surface area (TPSA) is 26.3 Å². The van der Waals surface area contributed by atoms with Crippen molar-refractivity contribution in [2.24, 2.45) is 0 Å². The van der Waals surface area contributed by atoms with Gasteiger partial charge in [-0.1, -0.05) is 133 Å². The van der Waals surface area contributed by atoms with E-state index in [-0.39, 0.29) is 0 Å². The van der Waals surface area contributed by atoms with E-state index in [1.54, 1.807) is 0 Å². The smallest absolute Gasteiger partial charge is 0.143 e. The Bertz CT molecular complexity index is 2930. The van der Waals surface area contributed by atoms with Crippen molar-refractivity contribution in [3.8, 4) is 33.4 Å². The standard InChI is InChI=1S/C46H28O2/c1-3-13-41-34(7-1)39-11-5-9-32(45(39)47-41)28-17-15-27(16-18-28)31-23-19-29-22-26-37-33(24-20-30-21-25-36(31)43(29)44(30)37)38-10-6-12-40-35-8-2-4-14-42(35)48-46(38)40/h2-6,8-26H,1,7H2. The third-order valence-electron chi connectivity index (χ3n) is 10.5. The SMILES string of the molecule is C1=Cc2oc3c(-c4ccc(-c5ccc6ccc7c(-c8cccc9c8oc8ccccc89)ccc8ccc5c6c87)cc4)cccc3c2CC1. The van der Waals surface area contributed by atoms with Crippen LogP contribution in [0.4, 0.5) is 0 Å². The van der Waals surface area contributed by atoms with Gasteiger partial charge in [0.05, 0.1) is 0 Å². The van der Waals surface area contributed by atoms with Gasteiger partial charge in [-0.25, -0.2) is 0 Å². The molecular weight excluding hydrogens is 585 g/mol. The lowest BCUT2D eigenvalue weighted by Crippen LogP contribution is -1.90. The van der Waals surface area contributed by atoms with Crippen LogP contribution < -0.4 is 0 Å². The van der Waals surface area contributed by atoms with Gasteiger partial charge in [0, 0.05) is 32.8 Å². The molecule has 0 radical (unpaired) electrons. The van der Waals surface area contributed by atoms with Crippen LogP contribution in [0.1, 0.15) is 17.7 Å². The van der Waals surface area contributed by atoms with E-state index in [4.69, 9.17) is 8.83 Å². The molecule has 2 heterocycles. The maximum absolute atomic E-state index is 6.48. The van der Waals surface area contributed by atoms with E-state index >= 15 is 0 Å². The molecule has 0 saturated carbocycles. The molecule has 2 nitrogen and oxygen atoms in total. The average Bonchev–Trinajstić information content (AvgIpc) is 3.73. The van der Waals surface area contributed by atoms with E-state index in [0.717, 1.165) is 57.3 Å². The van der Waals surface area contributed by atoms with E-state index in [1.165, 1.54) is 65.5 Å². The molecule has 0 amide bonds. The first kappa shape index (κ1) is 26.0. The van der Waals surface area contributed by atoms with Crippen LogP contribution in [0.25, 0.3) is 105 Å². The molecule has 2 aromatic heterocycles. The van der Waals surface area contributed by atoms with Crippen LogP contribution in [0.3, 0.4) is 0 Å². The maximum Gasteiger partial charge on any atom is 0.143 e. The Morgan fingerprint density at radius 1 is 0.417 bits per heavy atom. The van der Waals surface area contributed by atoms with Gasteiger partial charge < -0.3 is 8.83 Å². The normalized spacial score (nSPS) is 13.2. The minimum Gasteiger partial charge on any atom is -0.456 e. The zero-order valence-electron chi connectivity index (χ0n) is 26.1. The molecule has 2 heteroatoms. The molecule has 11 rings (SSSR count). The number of fused-ring (bicyclic) bond motifs is 6. The largest absolute Gasteiger partial charge is 0.456 e. The monoisotopic (exact) mass is 612 g/mol. The van der Waals surface area contributed by atoms with Gasteiger partial charge in [0.2, 0.25) is 0 Å². The minimum absolute atomic E-state index is 0.922. The van der Waals surface area contributed by atoms with Gasteiger partial charge in [0.1, 0.15) is 22.5 Å². The lowest BCUT2D eigenvalue weighted by molar-refractivity contribution is 0.596. The molecule has 1 aliphatic rings. The van der Waals surface area contributed by atoms with E-state index in [1.807, 2.05) is 6.07 Å². The van der Waals surface area contributed by atoms with E-state index in [9.17, 15) is 0 Å². The van der Waals surface area contributed by atoms with Crippen molar-refractivity contribution in [1.29, 1.82) is 0 Å². The first-order valence-electron chi connectivity index (χ1n) is 16.7. The van der Waals surface area contributed by atoms with Crippen molar-refractivity contribution in [2.75, 3.05) is 0 Å². The number of para-hydroxylation sites is 3. The lowest BCUT2D eigenvalue weighted by Gasteiger charge is -2.17. The molecule has 0 saturated heterocycles. The first-order valence-corrected chi connectivity index (χ1v) is 16.7. The second-order valence-corrected chi connectivity index (χ2v) is 13.1. The van der Waals surface area contributed by atoms with E-state index in [0.29, 0.717) is 0 Å². The van der Waals surface area contributed by atoms with Gasteiger partial charge in [-0.05, 0) is 79.6 Å². The summed E-state index contributed by atoms with van der Waals surface area (Å²) < 4.78 is 12.9. The maximum atomic E-state index is 6.48. The van der Waals surface area contributed by atoms with Gasteiger partial charge in [-0.3, -0.25) is 0 Å². The van der Waals surface area contributed by atoms with Gasteiger partial charge >= 0.3 is 0 Å². The lowest BCUT2D eigenvalue weighted by atomic mass is 9.87. The molecule has 0 bridgehead atoms. The number of aryl methyl sites for hydroxylation is 1. The van der Waals surface area contributed by atoms with Crippen LogP contribution >= 0.6 is 0 Å². The number of hydrogen-bond donors (Lipinski definition) is 0. The Labute approximate surface area is 276 Å². The van der Waals surface area contributed by atoms with Crippen LogP contribution in [0, 0.1) is 0 Å². The summed E-state index contributed by atoms with van der Waals surface area (Å²) in [4.78, 5) is 0. The Balaban J connectivity index is 1.07. The highest BCUT2D eigenvalue weighted by molar-refractivity contribution is 6.28. The second-order valence-electron chi connectivity index (χ2n) is 13.1. The van der Waals surface area contributed by atoms with E-state index < -0.39 is 0 Å². The van der Waals surface area contributed by atoms with Crippen molar-refractivity contribution < 1.29 is 8.83 Å². The van der Waals surface area contributed by atoms with Crippen LogP contribution in [-0.2, 0) is 6.42 Å². The van der Waals surface area contributed by atoms with Gasteiger partial charge in [0.25, 0.3) is 0 Å². The number of rotatable bonds is 3. The molecule has 8 aromatic carbocycles. The molecule has 0 aliphatic heterocycles. The molecule has 0 spiro atoms. The van der Waals surface area contributed by atoms with Crippen LogP contribution in [-0.4, -0.2) is 0 Å². The second kappa shape index (κ2) is 9.70. The van der Waals surface area contributed by atoms with Gasteiger partial charge in [-0.2, -0.15) is 0 Å². The molecular formula is C46H28O2. The zero-order valence-corrected chi connectivity index (χ0v) is 26.1. The third kappa shape index (κ3) is 3.57. The Hall–Kier alpha value is -6.12. The van der Waals surface area contributed by atoms with Gasteiger partial charge in [-0.15, -0.1) is 0 Å². The van der Waals surface area contributed by atoms with Crippen LogP contribution in [0.2, 0.25) is 0 Å². The first-order chi connectivity index (χ1) is 23.8. The predicted molar refractivity (Wildman–Crippen MR) is 201 cm³/mol.